The number of nitrogens with zero attached hydrogens (tertiary/aromatic N) is 1. The quantitative estimate of drug-likeness (QED) is 0.515. The van der Waals surface area contributed by atoms with E-state index in [1.807, 2.05) is 30.3 Å². The summed E-state index contributed by atoms with van der Waals surface area (Å²) in [6, 6.07) is 19.2. The number of fused-ring (bicyclic) bond motifs is 1. The van der Waals surface area contributed by atoms with E-state index in [0.29, 0.717) is 22.9 Å². The van der Waals surface area contributed by atoms with Gasteiger partial charge in [-0.1, -0.05) is 41.6 Å². The van der Waals surface area contributed by atoms with E-state index in [1.165, 1.54) is 22.5 Å². The van der Waals surface area contributed by atoms with Gasteiger partial charge < -0.3 is 15.9 Å². The third kappa shape index (κ3) is 4.01. The molecule has 0 radical (unpaired) electrons. The van der Waals surface area contributed by atoms with Gasteiger partial charge in [-0.2, -0.15) is 0 Å². The molecule has 4 rings (SSSR count). The molecule has 0 fully saturated rings. The van der Waals surface area contributed by atoms with Crippen LogP contribution in [-0.4, -0.2) is 11.6 Å². The van der Waals surface area contributed by atoms with E-state index in [4.69, 9.17) is 10.6 Å². The van der Waals surface area contributed by atoms with Gasteiger partial charge in [0.05, 0.1) is 22.0 Å². The van der Waals surface area contributed by atoms with Crippen molar-refractivity contribution < 1.29 is 9.63 Å². The number of thiophene rings is 1. The van der Waals surface area contributed by atoms with Crippen LogP contribution in [0.5, 0.6) is 0 Å². The van der Waals surface area contributed by atoms with Crippen molar-refractivity contribution in [2.75, 3.05) is 11.1 Å². The molecule has 27 heavy (non-hydrogen) atoms. The first-order valence-corrected chi connectivity index (χ1v) is 9.50. The smallest absolute Gasteiger partial charge is 0.265 e. The highest BCUT2D eigenvalue weighted by atomic mass is 32.1. The minimum Gasteiger partial charge on any atom is -0.397 e. The molecule has 1 aliphatic rings. The topological polar surface area (TPSA) is 76.7 Å². The van der Waals surface area contributed by atoms with Crippen LogP contribution in [0, 0.1) is 0 Å². The fraction of sp³-hybridized carbons (Fsp3) is 0.143. The first-order valence-electron chi connectivity index (χ1n) is 8.68. The van der Waals surface area contributed by atoms with Crippen molar-refractivity contribution in [3.8, 4) is 0 Å². The Morgan fingerprint density at radius 1 is 1.04 bits per heavy atom. The molecule has 0 saturated heterocycles. The van der Waals surface area contributed by atoms with Crippen LogP contribution in [0.2, 0.25) is 0 Å². The number of hydrogen-bond donors (Lipinski definition) is 2. The predicted molar refractivity (Wildman–Crippen MR) is 109 cm³/mol. The van der Waals surface area contributed by atoms with Crippen molar-refractivity contribution in [2.45, 2.75) is 19.4 Å². The highest BCUT2D eigenvalue weighted by molar-refractivity contribution is 7.14. The molecule has 0 unspecified atom stereocenters. The molecule has 0 bridgehead atoms. The average molecular weight is 377 g/mol. The molecule has 0 spiro atoms. The van der Waals surface area contributed by atoms with E-state index in [1.54, 1.807) is 18.2 Å². The summed E-state index contributed by atoms with van der Waals surface area (Å²) in [7, 11) is 0. The number of rotatable bonds is 5. The summed E-state index contributed by atoms with van der Waals surface area (Å²) in [6.45, 7) is 0.352. The average Bonchev–Trinajstić information content (AvgIpc) is 3.30. The number of carbonyl (C=O) groups excluding carboxylic acids is 1. The fourth-order valence-corrected chi connectivity index (χ4v) is 3.84. The lowest BCUT2D eigenvalue weighted by Gasteiger charge is -2.06. The lowest BCUT2D eigenvalue weighted by molar-refractivity contribution is 0.103. The lowest BCUT2D eigenvalue weighted by atomic mass is 10.1. The highest BCUT2D eigenvalue weighted by Gasteiger charge is 2.16. The maximum Gasteiger partial charge on any atom is 0.265 e. The van der Waals surface area contributed by atoms with Gasteiger partial charge in [0.25, 0.3) is 5.91 Å². The molecule has 0 atom stereocenters. The van der Waals surface area contributed by atoms with Gasteiger partial charge in [-0.05, 0) is 35.4 Å². The van der Waals surface area contributed by atoms with Crippen LogP contribution >= 0.6 is 11.3 Å². The number of carbonyl (C=O) groups is 1. The SMILES string of the molecule is Nc1ccccc1NC(=O)c1ccc(CON=C2Cc3ccccc3C2)s1. The van der Waals surface area contributed by atoms with Gasteiger partial charge in [0.2, 0.25) is 0 Å². The molecule has 1 aromatic heterocycles. The maximum atomic E-state index is 12.4. The molecule has 6 heteroatoms. The number of hydrogen-bond acceptors (Lipinski definition) is 5. The summed E-state index contributed by atoms with van der Waals surface area (Å²) in [5.74, 6) is -0.179. The number of anilines is 2. The maximum absolute atomic E-state index is 12.4. The van der Waals surface area contributed by atoms with Crippen LogP contribution in [0.3, 0.4) is 0 Å². The zero-order chi connectivity index (χ0) is 18.6. The van der Waals surface area contributed by atoms with Crippen LogP contribution < -0.4 is 11.1 Å². The Balaban J connectivity index is 1.33. The molecular formula is C21H19N3O2S. The second-order valence-corrected chi connectivity index (χ2v) is 7.53. The van der Waals surface area contributed by atoms with E-state index in [-0.39, 0.29) is 5.91 Å². The summed E-state index contributed by atoms with van der Waals surface area (Å²) in [5, 5.41) is 7.10. The number of nitrogens with one attached hydrogen (secondary N) is 1. The normalized spacial score (nSPS) is 12.5. The van der Waals surface area contributed by atoms with Crippen molar-refractivity contribution in [3.05, 3.63) is 81.5 Å². The molecule has 2 aromatic carbocycles. The number of nitrogens with two attached hydrogens (primary N) is 1. The minimum absolute atomic E-state index is 0.179. The van der Waals surface area contributed by atoms with Crippen molar-refractivity contribution in [3.63, 3.8) is 0 Å². The number of amides is 1. The molecule has 5 nitrogen and oxygen atoms in total. The van der Waals surface area contributed by atoms with Crippen LogP contribution in [0.4, 0.5) is 11.4 Å². The Hall–Kier alpha value is -3.12. The number of nitrogen functional groups attached to an aromatic ring is 1. The van der Waals surface area contributed by atoms with Gasteiger partial charge in [0, 0.05) is 17.7 Å². The summed E-state index contributed by atoms with van der Waals surface area (Å²) in [5.41, 5.74) is 10.7. The fourth-order valence-electron chi connectivity index (χ4n) is 3.03. The predicted octanol–water partition coefficient (Wildman–Crippen LogP) is 4.25. The Morgan fingerprint density at radius 2 is 1.74 bits per heavy atom. The minimum atomic E-state index is -0.179. The van der Waals surface area contributed by atoms with Crippen molar-refractivity contribution in [1.82, 2.24) is 0 Å². The summed E-state index contributed by atoms with van der Waals surface area (Å²) >= 11 is 1.39. The molecule has 136 valence electrons. The van der Waals surface area contributed by atoms with Gasteiger partial charge in [-0.25, -0.2) is 0 Å². The first-order chi connectivity index (χ1) is 13.2. The number of para-hydroxylation sites is 2. The van der Waals surface area contributed by atoms with Gasteiger partial charge in [-0.15, -0.1) is 11.3 Å². The number of benzene rings is 2. The third-order valence-electron chi connectivity index (χ3n) is 4.40. The van der Waals surface area contributed by atoms with Crippen molar-refractivity contribution in [1.29, 1.82) is 0 Å². The second kappa shape index (κ2) is 7.63. The summed E-state index contributed by atoms with van der Waals surface area (Å²) < 4.78 is 0. The molecular weight excluding hydrogens is 358 g/mol. The van der Waals surface area contributed by atoms with Crippen molar-refractivity contribution >= 4 is 34.3 Å². The molecule has 1 aliphatic carbocycles. The largest absolute Gasteiger partial charge is 0.397 e. The highest BCUT2D eigenvalue weighted by Crippen LogP contribution is 2.23. The van der Waals surface area contributed by atoms with E-state index in [9.17, 15) is 4.79 Å². The summed E-state index contributed by atoms with van der Waals surface area (Å²) in [4.78, 5) is 19.4. The van der Waals surface area contributed by atoms with Crippen LogP contribution in [0.15, 0.2) is 65.8 Å². The molecule has 3 aromatic rings. The molecule has 0 saturated carbocycles. The Kier molecular flexibility index (Phi) is 4.89. The standard InChI is InChI=1S/C21H19N3O2S/c22-18-7-3-4-8-19(18)23-21(25)20-10-9-17(27-20)13-26-24-16-11-14-5-1-2-6-15(14)12-16/h1-10H,11-13,22H2,(H,23,25). The van der Waals surface area contributed by atoms with E-state index < -0.39 is 0 Å². The van der Waals surface area contributed by atoms with Crippen molar-refractivity contribution in [2.24, 2.45) is 5.16 Å². The zero-order valence-corrected chi connectivity index (χ0v) is 15.5. The van der Waals surface area contributed by atoms with E-state index in [2.05, 4.69) is 22.6 Å². The van der Waals surface area contributed by atoms with Gasteiger partial charge >= 0.3 is 0 Å². The molecule has 3 N–H and O–H groups in total. The Labute approximate surface area is 161 Å². The lowest BCUT2D eigenvalue weighted by Crippen LogP contribution is -2.11. The zero-order valence-electron chi connectivity index (χ0n) is 14.6. The van der Waals surface area contributed by atoms with E-state index in [0.717, 1.165) is 23.4 Å². The van der Waals surface area contributed by atoms with Gasteiger partial charge in [0.15, 0.2) is 6.61 Å². The first kappa shape index (κ1) is 17.3. The monoisotopic (exact) mass is 377 g/mol. The van der Waals surface area contributed by atoms with Gasteiger partial charge in [0.1, 0.15) is 0 Å². The number of oxime groups is 1. The van der Waals surface area contributed by atoms with Crippen LogP contribution in [0.25, 0.3) is 0 Å². The van der Waals surface area contributed by atoms with Crippen LogP contribution in [-0.2, 0) is 24.3 Å². The molecule has 0 aliphatic heterocycles. The Bertz CT molecular complexity index is 983. The Morgan fingerprint density at radius 3 is 2.48 bits per heavy atom. The second-order valence-electron chi connectivity index (χ2n) is 6.36. The molecule has 1 amide bonds. The third-order valence-corrected chi connectivity index (χ3v) is 5.46. The van der Waals surface area contributed by atoms with E-state index >= 15 is 0 Å². The molecule has 1 heterocycles. The van der Waals surface area contributed by atoms with Gasteiger partial charge in [-0.3, -0.25) is 4.79 Å². The van der Waals surface area contributed by atoms with Crippen LogP contribution in [0.1, 0.15) is 25.7 Å². The summed E-state index contributed by atoms with van der Waals surface area (Å²) in [6.07, 6.45) is 1.68.